The van der Waals surface area contributed by atoms with Gasteiger partial charge < -0.3 is 9.84 Å². The molecule has 0 unspecified atom stereocenters. The van der Waals surface area contributed by atoms with Crippen molar-refractivity contribution in [1.29, 1.82) is 0 Å². The minimum atomic E-state index is -3.46. The van der Waals surface area contributed by atoms with Crippen molar-refractivity contribution in [3.63, 3.8) is 0 Å². The minimum absolute atomic E-state index is 0.0899. The van der Waals surface area contributed by atoms with Crippen molar-refractivity contribution in [2.45, 2.75) is 18.6 Å². The van der Waals surface area contributed by atoms with Crippen molar-refractivity contribution < 1.29 is 23.1 Å². The molecule has 1 aliphatic rings. The summed E-state index contributed by atoms with van der Waals surface area (Å²) < 4.78 is 31.9. The highest BCUT2D eigenvalue weighted by atomic mass is 32.2. The van der Waals surface area contributed by atoms with E-state index in [1.54, 1.807) is 12.1 Å². The van der Waals surface area contributed by atoms with Crippen LogP contribution in [0.2, 0.25) is 0 Å². The van der Waals surface area contributed by atoms with Crippen molar-refractivity contribution >= 4 is 16.0 Å². The summed E-state index contributed by atoms with van der Waals surface area (Å²) in [5.74, 6) is -0.972. The smallest absolute Gasteiger partial charge is 0.335 e. The summed E-state index contributed by atoms with van der Waals surface area (Å²) in [5.41, 5.74) is 0.557. The molecule has 21 heavy (non-hydrogen) atoms. The molecular weight excluding hydrogens is 294 g/mol. The molecule has 1 saturated heterocycles. The lowest BCUT2D eigenvalue weighted by Crippen LogP contribution is -2.33. The van der Waals surface area contributed by atoms with Crippen LogP contribution in [0.5, 0.6) is 0 Å². The van der Waals surface area contributed by atoms with Crippen LogP contribution in [0.25, 0.3) is 0 Å². The summed E-state index contributed by atoms with van der Waals surface area (Å²) in [5, 5.41) is 8.90. The summed E-state index contributed by atoms with van der Waals surface area (Å²) in [4.78, 5) is 10.9. The van der Waals surface area contributed by atoms with Gasteiger partial charge in [0.25, 0.3) is 0 Å². The van der Waals surface area contributed by atoms with E-state index in [-0.39, 0.29) is 11.3 Å². The number of sulfonamides is 1. The second-order valence-corrected chi connectivity index (χ2v) is 6.98. The summed E-state index contributed by atoms with van der Waals surface area (Å²) in [6.07, 6.45) is 1.72. The van der Waals surface area contributed by atoms with Gasteiger partial charge in [0.15, 0.2) is 0 Å². The van der Waals surface area contributed by atoms with Crippen molar-refractivity contribution in [1.82, 2.24) is 4.72 Å². The normalized spacial score (nSPS) is 16.8. The van der Waals surface area contributed by atoms with Crippen LogP contribution in [0.3, 0.4) is 0 Å². The van der Waals surface area contributed by atoms with Crippen LogP contribution in [0, 0.1) is 5.92 Å². The molecule has 0 radical (unpaired) electrons. The van der Waals surface area contributed by atoms with Gasteiger partial charge in [-0.2, -0.15) is 0 Å². The molecule has 0 amide bonds. The maximum absolute atomic E-state index is 12.0. The zero-order chi connectivity index (χ0) is 15.3. The van der Waals surface area contributed by atoms with Crippen molar-refractivity contribution in [3.8, 4) is 0 Å². The average Bonchev–Trinajstić information content (AvgIpc) is 2.46. The molecule has 0 aromatic heterocycles. The number of rotatable bonds is 6. The third kappa shape index (κ3) is 5.11. The summed E-state index contributed by atoms with van der Waals surface area (Å²) in [6, 6.07) is 5.98. The second-order valence-electron chi connectivity index (χ2n) is 5.17. The van der Waals surface area contributed by atoms with Crippen molar-refractivity contribution in [3.05, 3.63) is 35.4 Å². The van der Waals surface area contributed by atoms with Crippen LogP contribution in [0.1, 0.15) is 28.8 Å². The van der Waals surface area contributed by atoms with Gasteiger partial charge in [-0.25, -0.2) is 17.9 Å². The Bertz CT molecular complexity index is 593. The quantitative estimate of drug-likeness (QED) is 0.824. The molecule has 6 nitrogen and oxygen atoms in total. The molecule has 0 aliphatic carbocycles. The number of hydrogen-bond acceptors (Lipinski definition) is 4. The third-order valence-corrected chi connectivity index (χ3v) is 4.78. The maximum atomic E-state index is 12.0. The van der Waals surface area contributed by atoms with Gasteiger partial charge in [0.2, 0.25) is 10.0 Å². The summed E-state index contributed by atoms with van der Waals surface area (Å²) >= 11 is 0. The van der Waals surface area contributed by atoms with E-state index in [2.05, 4.69) is 4.72 Å². The Morgan fingerprint density at radius 3 is 2.71 bits per heavy atom. The fourth-order valence-corrected chi connectivity index (χ4v) is 3.47. The van der Waals surface area contributed by atoms with E-state index in [1.165, 1.54) is 12.1 Å². The van der Waals surface area contributed by atoms with Gasteiger partial charge in [-0.1, -0.05) is 12.1 Å². The van der Waals surface area contributed by atoms with Crippen molar-refractivity contribution in [2.24, 2.45) is 5.92 Å². The molecular formula is C14H19NO5S. The SMILES string of the molecule is O=C(O)c1cccc(CS(=O)(=O)NCC2CCOCC2)c1. The van der Waals surface area contributed by atoms with Gasteiger partial charge >= 0.3 is 5.97 Å². The van der Waals surface area contributed by atoms with E-state index in [9.17, 15) is 13.2 Å². The number of ether oxygens (including phenoxy) is 1. The minimum Gasteiger partial charge on any atom is -0.478 e. The number of hydrogen-bond donors (Lipinski definition) is 2. The fraction of sp³-hybridized carbons (Fsp3) is 0.500. The molecule has 2 rings (SSSR count). The standard InChI is InChI=1S/C14H19NO5S/c16-14(17)13-3-1-2-12(8-13)10-21(18,19)15-9-11-4-6-20-7-5-11/h1-3,8,11,15H,4-7,9-10H2,(H,16,17). The largest absolute Gasteiger partial charge is 0.478 e. The van der Waals surface area contributed by atoms with E-state index in [0.717, 1.165) is 12.8 Å². The number of carboxylic acid groups (broad SMARTS) is 1. The molecule has 116 valence electrons. The Hall–Kier alpha value is -1.44. The highest BCUT2D eigenvalue weighted by Crippen LogP contribution is 2.14. The van der Waals surface area contributed by atoms with Crippen LogP contribution >= 0.6 is 0 Å². The van der Waals surface area contributed by atoms with Gasteiger partial charge in [-0.3, -0.25) is 0 Å². The number of aromatic carboxylic acids is 1. The Morgan fingerprint density at radius 1 is 1.33 bits per heavy atom. The zero-order valence-corrected chi connectivity index (χ0v) is 12.4. The predicted octanol–water partition coefficient (Wildman–Crippen LogP) is 1.23. The molecule has 1 heterocycles. The topological polar surface area (TPSA) is 92.7 Å². The number of nitrogens with one attached hydrogen (secondary N) is 1. The highest BCUT2D eigenvalue weighted by Gasteiger charge is 2.18. The fourth-order valence-electron chi connectivity index (χ4n) is 2.26. The lowest BCUT2D eigenvalue weighted by molar-refractivity contribution is 0.0677. The average molecular weight is 313 g/mol. The Kier molecular flexibility index (Phi) is 5.33. The number of benzene rings is 1. The monoisotopic (exact) mass is 313 g/mol. The van der Waals surface area contributed by atoms with Gasteiger partial charge in [0.1, 0.15) is 0 Å². The first-order chi connectivity index (χ1) is 9.96. The lowest BCUT2D eigenvalue weighted by Gasteiger charge is -2.22. The summed E-state index contributed by atoms with van der Waals surface area (Å²) in [7, 11) is -3.46. The van der Waals surface area contributed by atoms with E-state index in [4.69, 9.17) is 9.84 Å². The maximum Gasteiger partial charge on any atom is 0.335 e. The molecule has 1 aliphatic heterocycles. The molecule has 7 heteroatoms. The molecule has 0 bridgehead atoms. The lowest BCUT2D eigenvalue weighted by atomic mass is 10.0. The first-order valence-corrected chi connectivity index (χ1v) is 8.49. The Labute approximate surface area is 124 Å². The summed E-state index contributed by atoms with van der Waals surface area (Å²) in [6.45, 7) is 1.75. The Morgan fingerprint density at radius 2 is 2.05 bits per heavy atom. The first-order valence-electron chi connectivity index (χ1n) is 6.83. The molecule has 2 N–H and O–H groups in total. The highest BCUT2D eigenvalue weighted by molar-refractivity contribution is 7.88. The van der Waals surface area contributed by atoms with Gasteiger partial charge in [-0.15, -0.1) is 0 Å². The van der Waals surface area contributed by atoms with E-state index in [0.29, 0.717) is 31.2 Å². The van der Waals surface area contributed by atoms with E-state index in [1.807, 2.05) is 0 Å². The number of carbonyl (C=O) groups is 1. The molecule has 0 spiro atoms. The molecule has 1 fully saturated rings. The molecule has 0 saturated carbocycles. The third-order valence-electron chi connectivity index (χ3n) is 3.46. The zero-order valence-electron chi connectivity index (χ0n) is 11.6. The van der Waals surface area contributed by atoms with Gasteiger partial charge in [-0.05, 0) is 36.5 Å². The molecule has 1 aromatic carbocycles. The first kappa shape index (κ1) is 15.9. The van der Waals surface area contributed by atoms with Crippen LogP contribution in [0.4, 0.5) is 0 Å². The second kappa shape index (κ2) is 7.02. The number of carboxylic acids is 1. The van der Waals surface area contributed by atoms with Crippen LogP contribution < -0.4 is 4.72 Å². The molecule has 1 aromatic rings. The van der Waals surface area contributed by atoms with Gasteiger partial charge in [0.05, 0.1) is 11.3 Å². The molecule has 0 atom stereocenters. The van der Waals surface area contributed by atoms with Crippen molar-refractivity contribution in [2.75, 3.05) is 19.8 Å². The van der Waals surface area contributed by atoms with Crippen LogP contribution in [0.15, 0.2) is 24.3 Å². The van der Waals surface area contributed by atoms with Crippen LogP contribution in [-0.4, -0.2) is 39.3 Å². The van der Waals surface area contributed by atoms with E-state index >= 15 is 0 Å². The Balaban J connectivity index is 1.93. The van der Waals surface area contributed by atoms with Crippen LogP contribution in [-0.2, 0) is 20.5 Å². The van der Waals surface area contributed by atoms with E-state index < -0.39 is 16.0 Å². The van der Waals surface area contributed by atoms with Gasteiger partial charge in [0, 0.05) is 19.8 Å². The predicted molar refractivity (Wildman–Crippen MR) is 77.6 cm³/mol.